The van der Waals surface area contributed by atoms with Crippen LogP contribution in [-0.2, 0) is 6.54 Å². The van der Waals surface area contributed by atoms with Crippen molar-refractivity contribution in [3.05, 3.63) is 81.7 Å². The average molecular weight is 463 g/mol. The van der Waals surface area contributed by atoms with Gasteiger partial charge in [-0.15, -0.1) is 5.10 Å². The molecule has 34 heavy (non-hydrogen) atoms. The molecular formula is C25H27FN6O2. The normalized spacial score (nSPS) is 17.7. The van der Waals surface area contributed by atoms with Crippen molar-refractivity contribution < 1.29 is 9.13 Å². The summed E-state index contributed by atoms with van der Waals surface area (Å²) in [6.45, 7) is 4.28. The molecule has 1 aliphatic rings. The van der Waals surface area contributed by atoms with Crippen LogP contribution in [0.25, 0.3) is 10.9 Å². The third-order valence-electron chi connectivity index (χ3n) is 6.48. The first-order chi connectivity index (χ1) is 16.5. The molecule has 2 aromatic carbocycles. The molecule has 0 amide bonds. The number of rotatable bonds is 6. The Balaban J connectivity index is 1.62. The smallest absolute Gasteiger partial charge is 0.253 e. The van der Waals surface area contributed by atoms with Gasteiger partial charge < -0.3 is 9.72 Å². The molecule has 2 atom stereocenters. The summed E-state index contributed by atoms with van der Waals surface area (Å²) in [5, 5.41) is 13.4. The number of likely N-dealkylation sites (tertiary alicyclic amines) is 1. The van der Waals surface area contributed by atoms with Crippen LogP contribution in [0.2, 0.25) is 0 Å². The van der Waals surface area contributed by atoms with Gasteiger partial charge in [-0.2, -0.15) is 0 Å². The highest BCUT2D eigenvalue weighted by Gasteiger charge is 2.32. The second-order valence-corrected chi connectivity index (χ2v) is 8.97. The molecule has 9 heteroatoms. The van der Waals surface area contributed by atoms with E-state index in [-0.39, 0.29) is 11.4 Å². The third kappa shape index (κ3) is 4.43. The van der Waals surface area contributed by atoms with Crippen LogP contribution in [-0.4, -0.2) is 50.3 Å². The van der Waals surface area contributed by atoms with Crippen LogP contribution in [0.4, 0.5) is 4.39 Å². The van der Waals surface area contributed by atoms with E-state index in [0.717, 1.165) is 48.1 Å². The third-order valence-corrected chi connectivity index (χ3v) is 6.48. The van der Waals surface area contributed by atoms with Gasteiger partial charge in [0.25, 0.3) is 5.56 Å². The van der Waals surface area contributed by atoms with Gasteiger partial charge in [0, 0.05) is 23.0 Å². The topological polar surface area (TPSA) is 88.9 Å². The largest absolute Gasteiger partial charge is 0.497 e. The highest BCUT2D eigenvalue weighted by molar-refractivity contribution is 5.80. The average Bonchev–Trinajstić information content (AvgIpc) is 3.28. The number of piperidine rings is 1. The van der Waals surface area contributed by atoms with E-state index in [1.165, 1.54) is 12.1 Å². The number of ether oxygens (including phenoxy) is 1. The molecule has 1 aliphatic heterocycles. The molecule has 1 N–H and O–H groups in total. The van der Waals surface area contributed by atoms with Crippen molar-refractivity contribution >= 4 is 10.9 Å². The van der Waals surface area contributed by atoms with Gasteiger partial charge in [-0.1, -0.05) is 19.1 Å². The summed E-state index contributed by atoms with van der Waals surface area (Å²) in [7, 11) is 1.62. The van der Waals surface area contributed by atoms with E-state index >= 15 is 0 Å². The number of halogens is 1. The highest BCUT2D eigenvalue weighted by Crippen LogP contribution is 2.31. The van der Waals surface area contributed by atoms with Crippen molar-refractivity contribution in [2.75, 3.05) is 20.2 Å². The Hall–Kier alpha value is -3.59. The van der Waals surface area contributed by atoms with Crippen molar-refractivity contribution in [2.45, 2.75) is 32.4 Å². The monoisotopic (exact) mass is 462 g/mol. The zero-order valence-corrected chi connectivity index (χ0v) is 19.2. The van der Waals surface area contributed by atoms with Gasteiger partial charge in [0.2, 0.25) is 0 Å². The summed E-state index contributed by atoms with van der Waals surface area (Å²) in [6.07, 6.45) is 2.19. The summed E-state index contributed by atoms with van der Waals surface area (Å²) < 4.78 is 20.5. The van der Waals surface area contributed by atoms with E-state index in [9.17, 15) is 9.18 Å². The number of aromatic nitrogens is 5. The molecule has 8 nitrogen and oxygen atoms in total. The number of H-pyrrole nitrogens is 1. The Labute approximate surface area is 196 Å². The quantitative estimate of drug-likeness (QED) is 0.472. The Morgan fingerprint density at radius 1 is 1.21 bits per heavy atom. The van der Waals surface area contributed by atoms with Crippen LogP contribution < -0.4 is 10.3 Å². The second kappa shape index (κ2) is 9.34. The van der Waals surface area contributed by atoms with Gasteiger partial charge in [-0.05, 0) is 77.7 Å². The van der Waals surface area contributed by atoms with E-state index in [4.69, 9.17) is 4.74 Å². The fraction of sp³-hybridized carbons (Fsp3) is 0.360. The molecule has 5 rings (SSSR count). The van der Waals surface area contributed by atoms with Crippen molar-refractivity contribution in [1.82, 2.24) is 30.1 Å². The summed E-state index contributed by atoms with van der Waals surface area (Å²) in [4.78, 5) is 18.6. The standard InChI is InChI=1S/C25H27FN6O2/c1-16-4-3-11-31(14-16)23(21-13-18-12-20(34-2)9-10-22(18)27-25(21)33)24-28-29-30-32(24)15-17-5-7-19(26)8-6-17/h5-10,12-13,16,23H,3-4,11,14-15H2,1-2H3,(H,27,33)/t16-,23-/m1/s1. The molecule has 0 saturated carbocycles. The zero-order chi connectivity index (χ0) is 23.7. The van der Waals surface area contributed by atoms with E-state index in [2.05, 4.69) is 32.3 Å². The lowest BCUT2D eigenvalue weighted by Crippen LogP contribution is -2.41. The number of aromatic amines is 1. The number of nitrogens with one attached hydrogen (secondary N) is 1. The first kappa shape index (κ1) is 22.2. The molecule has 1 saturated heterocycles. The number of hydrogen-bond acceptors (Lipinski definition) is 6. The van der Waals surface area contributed by atoms with E-state index < -0.39 is 6.04 Å². The fourth-order valence-electron chi connectivity index (χ4n) is 4.77. The SMILES string of the molecule is COc1ccc2[nH]c(=O)c([C@H](c3nnnn3Cc3ccc(F)cc3)N3CCC[C@@H](C)C3)cc2c1. The summed E-state index contributed by atoms with van der Waals surface area (Å²) >= 11 is 0. The van der Waals surface area contributed by atoms with E-state index in [1.54, 1.807) is 23.9 Å². The van der Waals surface area contributed by atoms with E-state index in [0.29, 0.717) is 23.9 Å². The minimum Gasteiger partial charge on any atom is -0.497 e. The lowest BCUT2D eigenvalue weighted by Gasteiger charge is -2.36. The Morgan fingerprint density at radius 3 is 2.79 bits per heavy atom. The van der Waals surface area contributed by atoms with Gasteiger partial charge in [-0.25, -0.2) is 9.07 Å². The van der Waals surface area contributed by atoms with Gasteiger partial charge in [-0.3, -0.25) is 9.69 Å². The van der Waals surface area contributed by atoms with Crippen LogP contribution in [0.5, 0.6) is 5.75 Å². The van der Waals surface area contributed by atoms with Crippen LogP contribution in [0.3, 0.4) is 0 Å². The number of pyridine rings is 1. The maximum absolute atomic E-state index is 13.4. The van der Waals surface area contributed by atoms with Crippen molar-refractivity contribution in [1.29, 1.82) is 0 Å². The molecule has 1 fully saturated rings. The molecule has 176 valence electrons. The Morgan fingerprint density at radius 2 is 2.03 bits per heavy atom. The fourth-order valence-corrected chi connectivity index (χ4v) is 4.77. The molecular weight excluding hydrogens is 435 g/mol. The minimum atomic E-state index is -0.419. The van der Waals surface area contributed by atoms with Gasteiger partial charge in [0.15, 0.2) is 5.82 Å². The lowest BCUT2D eigenvalue weighted by atomic mass is 9.95. The van der Waals surface area contributed by atoms with Crippen LogP contribution in [0.1, 0.15) is 42.8 Å². The molecule has 0 radical (unpaired) electrons. The predicted octanol–water partition coefficient (Wildman–Crippen LogP) is 3.53. The molecule has 0 bridgehead atoms. The van der Waals surface area contributed by atoms with Crippen LogP contribution in [0, 0.1) is 11.7 Å². The second-order valence-electron chi connectivity index (χ2n) is 8.97. The molecule has 4 aromatic rings. The van der Waals surface area contributed by atoms with Crippen molar-refractivity contribution in [2.24, 2.45) is 5.92 Å². The van der Waals surface area contributed by atoms with E-state index in [1.807, 2.05) is 24.3 Å². The number of benzene rings is 2. The van der Waals surface area contributed by atoms with Crippen LogP contribution in [0.15, 0.2) is 53.3 Å². The van der Waals surface area contributed by atoms with Crippen molar-refractivity contribution in [3.8, 4) is 5.75 Å². The summed E-state index contributed by atoms with van der Waals surface area (Å²) in [5.74, 6) is 1.51. The van der Waals surface area contributed by atoms with Gasteiger partial charge >= 0.3 is 0 Å². The summed E-state index contributed by atoms with van der Waals surface area (Å²) in [6, 6.07) is 13.3. The number of nitrogens with zero attached hydrogens (tertiary/aromatic N) is 5. The Kier molecular flexibility index (Phi) is 6.10. The van der Waals surface area contributed by atoms with Crippen LogP contribution >= 0.6 is 0 Å². The number of hydrogen-bond donors (Lipinski definition) is 1. The number of methoxy groups -OCH3 is 1. The first-order valence-corrected chi connectivity index (χ1v) is 11.5. The maximum atomic E-state index is 13.4. The molecule has 0 unspecified atom stereocenters. The summed E-state index contributed by atoms with van der Waals surface area (Å²) in [5.41, 5.74) is 2.03. The maximum Gasteiger partial charge on any atom is 0.253 e. The van der Waals surface area contributed by atoms with Crippen molar-refractivity contribution in [3.63, 3.8) is 0 Å². The molecule has 0 spiro atoms. The molecule has 3 heterocycles. The lowest BCUT2D eigenvalue weighted by molar-refractivity contribution is 0.141. The zero-order valence-electron chi connectivity index (χ0n) is 19.2. The highest BCUT2D eigenvalue weighted by atomic mass is 19.1. The predicted molar refractivity (Wildman–Crippen MR) is 126 cm³/mol. The molecule has 2 aromatic heterocycles. The molecule has 0 aliphatic carbocycles. The number of fused-ring (bicyclic) bond motifs is 1. The first-order valence-electron chi connectivity index (χ1n) is 11.5. The van der Waals surface area contributed by atoms with Gasteiger partial charge in [0.1, 0.15) is 17.6 Å². The number of tetrazole rings is 1. The minimum absolute atomic E-state index is 0.169. The van der Waals surface area contributed by atoms with Gasteiger partial charge in [0.05, 0.1) is 13.7 Å². The Bertz CT molecular complexity index is 1350.